The second-order valence-electron chi connectivity index (χ2n) is 7.80. The van der Waals surface area contributed by atoms with Gasteiger partial charge in [0, 0.05) is 0 Å². The standard InChI is InChI=1S/C24H27N3O5S/c1-16-11-12-19(14-17(16)2)27(33(4,30)31)18(3)23(28)26-22-10-6-5-9-21(22)24(29)25-15-20-8-7-13-32-20/h5-14,18H,15H2,1-4H3,(H,25,29)(H,26,28)/t18-/m1/s1. The van der Waals surface area contributed by atoms with Crippen LogP contribution in [-0.2, 0) is 21.4 Å². The van der Waals surface area contributed by atoms with E-state index in [0.29, 0.717) is 11.4 Å². The third-order valence-corrected chi connectivity index (χ3v) is 6.51. The molecule has 8 nitrogen and oxygen atoms in total. The van der Waals surface area contributed by atoms with Gasteiger partial charge in [0.2, 0.25) is 15.9 Å². The predicted molar refractivity (Wildman–Crippen MR) is 128 cm³/mol. The molecular formula is C24H27N3O5S. The largest absolute Gasteiger partial charge is 0.467 e. The van der Waals surface area contributed by atoms with Crippen LogP contribution < -0.4 is 14.9 Å². The lowest BCUT2D eigenvalue weighted by atomic mass is 10.1. The Labute approximate surface area is 193 Å². The summed E-state index contributed by atoms with van der Waals surface area (Å²) in [5.74, 6) is -0.371. The van der Waals surface area contributed by atoms with Gasteiger partial charge in [-0.25, -0.2) is 8.42 Å². The Kier molecular flexibility index (Phi) is 7.23. The maximum Gasteiger partial charge on any atom is 0.253 e. The molecule has 1 aromatic heterocycles. The predicted octanol–water partition coefficient (Wildman–Crippen LogP) is 3.62. The van der Waals surface area contributed by atoms with Gasteiger partial charge in [-0.2, -0.15) is 0 Å². The molecule has 2 N–H and O–H groups in total. The van der Waals surface area contributed by atoms with Crippen LogP contribution >= 0.6 is 0 Å². The molecule has 0 saturated heterocycles. The number of para-hydroxylation sites is 1. The van der Waals surface area contributed by atoms with Crippen LogP contribution in [0.1, 0.15) is 34.2 Å². The Morgan fingerprint density at radius 2 is 1.76 bits per heavy atom. The highest BCUT2D eigenvalue weighted by Gasteiger charge is 2.30. The van der Waals surface area contributed by atoms with Crippen LogP contribution in [0.2, 0.25) is 0 Å². The van der Waals surface area contributed by atoms with Gasteiger partial charge in [0.05, 0.1) is 36.0 Å². The smallest absolute Gasteiger partial charge is 0.253 e. The monoisotopic (exact) mass is 469 g/mol. The number of carbonyl (C=O) groups excluding carboxylic acids is 2. The van der Waals surface area contributed by atoms with Crippen LogP contribution in [0.5, 0.6) is 0 Å². The Bertz CT molecular complexity index is 1250. The molecule has 0 bridgehead atoms. The fourth-order valence-corrected chi connectivity index (χ4v) is 4.54. The molecule has 0 aliphatic rings. The quantitative estimate of drug-likeness (QED) is 0.524. The Balaban J connectivity index is 1.82. The second kappa shape index (κ2) is 9.91. The zero-order chi connectivity index (χ0) is 24.2. The molecule has 0 aliphatic carbocycles. The third kappa shape index (κ3) is 5.81. The number of anilines is 2. The van der Waals surface area contributed by atoms with E-state index in [1.165, 1.54) is 13.2 Å². The van der Waals surface area contributed by atoms with Crippen molar-refractivity contribution in [2.75, 3.05) is 15.9 Å². The first kappa shape index (κ1) is 24.1. The van der Waals surface area contributed by atoms with Crippen LogP contribution in [0.15, 0.2) is 65.3 Å². The van der Waals surface area contributed by atoms with Crippen LogP contribution in [0.4, 0.5) is 11.4 Å². The minimum absolute atomic E-state index is 0.194. The van der Waals surface area contributed by atoms with Gasteiger partial charge >= 0.3 is 0 Å². The summed E-state index contributed by atoms with van der Waals surface area (Å²) in [6.07, 6.45) is 2.57. The fraction of sp³-hybridized carbons (Fsp3) is 0.250. The fourth-order valence-electron chi connectivity index (χ4n) is 3.37. The lowest BCUT2D eigenvalue weighted by Gasteiger charge is -2.29. The summed E-state index contributed by atoms with van der Waals surface area (Å²) in [4.78, 5) is 25.8. The van der Waals surface area contributed by atoms with Gasteiger partial charge in [0.25, 0.3) is 5.91 Å². The second-order valence-corrected chi connectivity index (χ2v) is 9.66. The first-order valence-electron chi connectivity index (χ1n) is 10.3. The maximum atomic E-state index is 13.1. The number of hydrogen-bond donors (Lipinski definition) is 2. The summed E-state index contributed by atoms with van der Waals surface area (Å²) in [5.41, 5.74) is 2.85. The van der Waals surface area contributed by atoms with E-state index in [-0.39, 0.29) is 17.8 Å². The lowest BCUT2D eigenvalue weighted by molar-refractivity contribution is -0.116. The summed E-state index contributed by atoms with van der Waals surface area (Å²) in [6.45, 7) is 5.50. The highest BCUT2D eigenvalue weighted by Crippen LogP contribution is 2.25. The zero-order valence-corrected chi connectivity index (χ0v) is 19.8. The number of sulfonamides is 1. The molecule has 174 valence electrons. The highest BCUT2D eigenvalue weighted by atomic mass is 32.2. The molecule has 3 rings (SSSR count). The molecule has 0 unspecified atom stereocenters. The number of amides is 2. The van der Waals surface area contributed by atoms with Gasteiger partial charge < -0.3 is 15.1 Å². The summed E-state index contributed by atoms with van der Waals surface area (Å²) in [6, 6.07) is 14.2. The summed E-state index contributed by atoms with van der Waals surface area (Å²) < 4.78 is 31.4. The Morgan fingerprint density at radius 3 is 2.39 bits per heavy atom. The van der Waals surface area contributed by atoms with Crippen molar-refractivity contribution in [3.8, 4) is 0 Å². The maximum absolute atomic E-state index is 13.1. The number of furan rings is 1. The van der Waals surface area contributed by atoms with Crippen molar-refractivity contribution in [3.63, 3.8) is 0 Å². The minimum Gasteiger partial charge on any atom is -0.467 e. The average molecular weight is 470 g/mol. The summed E-state index contributed by atoms with van der Waals surface area (Å²) in [5, 5.41) is 5.44. The molecule has 0 spiro atoms. The molecular weight excluding hydrogens is 442 g/mol. The number of nitrogens with zero attached hydrogens (tertiary/aromatic N) is 1. The molecule has 9 heteroatoms. The van der Waals surface area contributed by atoms with Crippen molar-refractivity contribution in [2.45, 2.75) is 33.4 Å². The normalized spacial score (nSPS) is 12.1. The Hall–Kier alpha value is -3.59. The molecule has 0 fully saturated rings. The molecule has 0 radical (unpaired) electrons. The number of carbonyl (C=O) groups is 2. The van der Waals surface area contributed by atoms with Crippen LogP contribution in [-0.4, -0.2) is 32.5 Å². The van der Waals surface area contributed by atoms with E-state index in [4.69, 9.17) is 4.42 Å². The first-order chi connectivity index (χ1) is 15.6. The molecule has 0 saturated carbocycles. The van der Waals surface area contributed by atoms with Crippen molar-refractivity contribution < 1.29 is 22.4 Å². The van der Waals surface area contributed by atoms with Crippen molar-refractivity contribution in [2.24, 2.45) is 0 Å². The van der Waals surface area contributed by atoms with Crippen molar-refractivity contribution in [3.05, 3.63) is 83.3 Å². The van der Waals surface area contributed by atoms with Gasteiger partial charge in [-0.1, -0.05) is 18.2 Å². The molecule has 2 aromatic carbocycles. The zero-order valence-electron chi connectivity index (χ0n) is 19.0. The van der Waals surface area contributed by atoms with E-state index in [2.05, 4.69) is 10.6 Å². The van der Waals surface area contributed by atoms with Gasteiger partial charge in [-0.05, 0) is 68.3 Å². The molecule has 1 atom stereocenters. The van der Waals surface area contributed by atoms with E-state index >= 15 is 0 Å². The Morgan fingerprint density at radius 1 is 1.03 bits per heavy atom. The van der Waals surface area contributed by atoms with Crippen LogP contribution in [0, 0.1) is 13.8 Å². The molecule has 33 heavy (non-hydrogen) atoms. The van der Waals surface area contributed by atoms with E-state index in [9.17, 15) is 18.0 Å². The van der Waals surface area contributed by atoms with E-state index in [0.717, 1.165) is 21.7 Å². The van der Waals surface area contributed by atoms with E-state index in [1.807, 2.05) is 19.9 Å². The van der Waals surface area contributed by atoms with Gasteiger partial charge in [-0.3, -0.25) is 13.9 Å². The van der Waals surface area contributed by atoms with Crippen molar-refractivity contribution in [1.82, 2.24) is 5.32 Å². The summed E-state index contributed by atoms with van der Waals surface area (Å²) in [7, 11) is -3.76. The minimum atomic E-state index is -3.76. The SMILES string of the molecule is Cc1ccc(N([C@H](C)C(=O)Nc2ccccc2C(=O)NCc2ccco2)S(C)(=O)=O)cc1C. The van der Waals surface area contributed by atoms with Gasteiger partial charge in [-0.15, -0.1) is 0 Å². The summed E-state index contributed by atoms with van der Waals surface area (Å²) >= 11 is 0. The van der Waals surface area contributed by atoms with E-state index in [1.54, 1.807) is 48.5 Å². The number of benzene rings is 2. The van der Waals surface area contributed by atoms with E-state index < -0.39 is 27.9 Å². The molecule has 0 aliphatic heterocycles. The first-order valence-corrected chi connectivity index (χ1v) is 12.2. The topological polar surface area (TPSA) is 109 Å². The van der Waals surface area contributed by atoms with Gasteiger partial charge in [0.15, 0.2) is 0 Å². The number of aryl methyl sites for hydroxylation is 2. The molecule has 3 aromatic rings. The number of rotatable bonds is 8. The van der Waals surface area contributed by atoms with Crippen molar-refractivity contribution >= 4 is 33.2 Å². The van der Waals surface area contributed by atoms with Gasteiger partial charge in [0.1, 0.15) is 11.8 Å². The number of hydrogen-bond acceptors (Lipinski definition) is 5. The molecule has 1 heterocycles. The highest BCUT2D eigenvalue weighted by molar-refractivity contribution is 7.92. The van der Waals surface area contributed by atoms with Crippen molar-refractivity contribution in [1.29, 1.82) is 0 Å². The average Bonchev–Trinajstić information content (AvgIpc) is 3.27. The number of nitrogens with one attached hydrogen (secondary N) is 2. The molecule has 2 amide bonds. The lowest BCUT2D eigenvalue weighted by Crippen LogP contribution is -2.45. The van der Waals surface area contributed by atoms with Crippen LogP contribution in [0.25, 0.3) is 0 Å². The third-order valence-electron chi connectivity index (χ3n) is 5.27. The van der Waals surface area contributed by atoms with Crippen LogP contribution in [0.3, 0.4) is 0 Å².